The lowest BCUT2D eigenvalue weighted by Gasteiger charge is -2.23. The molecule has 0 radical (unpaired) electrons. The Morgan fingerprint density at radius 1 is 1.12 bits per heavy atom. The minimum Gasteiger partial charge on any atom is -0.493 e. The molecule has 13 heteroatoms. The Morgan fingerprint density at radius 2 is 1.95 bits per heavy atom. The monoisotopic (exact) mass is 606 g/mol. The van der Waals surface area contributed by atoms with Crippen LogP contribution in [0.5, 0.6) is 11.5 Å². The van der Waals surface area contributed by atoms with E-state index in [1.54, 1.807) is 44.7 Å². The molecule has 210 valence electrons. The molecule has 0 saturated heterocycles. The summed E-state index contributed by atoms with van der Waals surface area (Å²) in [7, 11) is 4.48. The minimum atomic E-state index is -2.84. The van der Waals surface area contributed by atoms with Crippen molar-refractivity contribution in [2.24, 2.45) is 0 Å². The van der Waals surface area contributed by atoms with Gasteiger partial charge in [-0.25, -0.2) is 13.8 Å². The molecule has 2 aromatic heterocycles. The average Bonchev–Trinajstić information content (AvgIpc) is 3.58. The number of rotatable bonds is 9. The van der Waals surface area contributed by atoms with E-state index < -0.39 is 17.5 Å². The molecule has 0 unspecified atom stereocenters. The van der Waals surface area contributed by atoms with Crippen molar-refractivity contribution >= 4 is 40.7 Å². The lowest BCUT2D eigenvalue weighted by molar-refractivity contribution is -0.140. The first-order valence-electron chi connectivity index (χ1n) is 12.2. The lowest BCUT2D eigenvalue weighted by atomic mass is 10.0. The number of ether oxygens (including phenoxy) is 3. The Hall–Kier alpha value is -3.22. The zero-order valence-corrected chi connectivity index (χ0v) is 24.2. The normalized spacial score (nSPS) is 16.3. The first-order chi connectivity index (χ1) is 19.3. The standard InChI is InChI=1S/C27H25ClF2N4O4S2/c1-36-19-6-4-5-16(23(19)38-3)24-17-11-14(28)7-9-18(17)34-26(32-33-27(34)25(29)30)20(40-24)12-21-31-13-15(39-21)8-10-22(35)37-2/h4-7,9,11,13,20,24-25H,8,10,12H2,1-3H3/t20-,24-/m1/s1. The number of alkyl halides is 2. The molecule has 8 nitrogen and oxygen atoms in total. The molecule has 0 bridgehead atoms. The summed E-state index contributed by atoms with van der Waals surface area (Å²) in [5.74, 6) is 0.736. The van der Waals surface area contributed by atoms with E-state index in [1.165, 1.54) is 34.8 Å². The van der Waals surface area contributed by atoms with Gasteiger partial charge in [0.15, 0.2) is 17.3 Å². The molecule has 0 saturated carbocycles. The first-order valence-corrected chi connectivity index (χ1v) is 14.4. The summed E-state index contributed by atoms with van der Waals surface area (Å²) in [5, 5.41) is 8.59. The summed E-state index contributed by atoms with van der Waals surface area (Å²) < 4.78 is 45.9. The predicted molar refractivity (Wildman–Crippen MR) is 149 cm³/mol. The SMILES string of the molecule is COC(=O)CCc1cnc(C[C@H]2S[C@H](c3cccc(OC)c3OC)c3cc(Cl)ccc3-n3c(C(F)F)nnc32)s1. The van der Waals surface area contributed by atoms with Gasteiger partial charge in [-0.3, -0.25) is 9.36 Å². The highest BCUT2D eigenvalue weighted by Crippen LogP contribution is 2.54. The van der Waals surface area contributed by atoms with Gasteiger partial charge in [-0.05, 0) is 36.2 Å². The van der Waals surface area contributed by atoms with E-state index in [9.17, 15) is 13.6 Å². The minimum absolute atomic E-state index is 0.246. The number of thioether (sulfide) groups is 1. The van der Waals surface area contributed by atoms with Crippen LogP contribution in [0.25, 0.3) is 5.69 Å². The van der Waals surface area contributed by atoms with Crippen molar-refractivity contribution in [2.75, 3.05) is 21.3 Å². The van der Waals surface area contributed by atoms with Crippen molar-refractivity contribution in [3.05, 3.63) is 80.3 Å². The molecule has 2 atom stereocenters. The van der Waals surface area contributed by atoms with Crippen LogP contribution in [0, 0.1) is 0 Å². The summed E-state index contributed by atoms with van der Waals surface area (Å²) in [6.45, 7) is 0. The van der Waals surface area contributed by atoms with Crippen molar-refractivity contribution in [1.29, 1.82) is 0 Å². The maximum Gasteiger partial charge on any atom is 0.305 e. The smallest absolute Gasteiger partial charge is 0.305 e. The Morgan fingerprint density at radius 3 is 2.67 bits per heavy atom. The molecule has 1 aliphatic rings. The van der Waals surface area contributed by atoms with Crippen LogP contribution in [-0.2, 0) is 22.4 Å². The van der Waals surface area contributed by atoms with E-state index in [0.717, 1.165) is 15.4 Å². The van der Waals surface area contributed by atoms with Crippen molar-refractivity contribution in [3.8, 4) is 17.2 Å². The van der Waals surface area contributed by atoms with Gasteiger partial charge in [-0.1, -0.05) is 23.7 Å². The summed E-state index contributed by atoms with van der Waals surface area (Å²) in [6, 6.07) is 10.8. The Kier molecular flexibility index (Phi) is 8.57. The number of hydrogen-bond acceptors (Lipinski definition) is 9. The number of carbonyl (C=O) groups is 1. The van der Waals surface area contributed by atoms with E-state index in [0.29, 0.717) is 46.4 Å². The predicted octanol–water partition coefficient (Wildman–Crippen LogP) is 6.56. The summed E-state index contributed by atoms with van der Waals surface area (Å²) >= 11 is 9.45. The van der Waals surface area contributed by atoms with Gasteiger partial charge in [0, 0.05) is 28.1 Å². The van der Waals surface area contributed by atoms with Gasteiger partial charge < -0.3 is 14.2 Å². The van der Waals surface area contributed by atoms with Gasteiger partial charge in [0.05, 0.1) is 48.9 Å². The largest absolute Gasteiger partial charge is 0.493 e. The molecule has 2 aromatic carbocycles. The lowest BCUT2D eigenvalue weighted by Crippen LogP contribution is -2.09. The van der Waals surface area contributed by atoms with Crippen LogP contribution in [0.4, 0.5) is 8.78 Å². The number of hydrogen-bond donors (Lipinski definition) is 0. The van der Waals surface area contributed by atoms with Crippen molar-refractivity contribution in [3.63, 3.8) is 0 Å². The number of benzene rings is 2. The first kappa shape index (κ1) is 28.3. The molecule has 1 aliphatic heterocycles. The second-order valence-electron chi connectivity index (χ2n) is 8.84. The van der Waals surface area contributed by atoms with E-state index in [1.807, 2.05) is 12.1 Å². The number of methoxy groups -OCH3 is 3. The fraction of sp³-hybridized carbons (Fsp3) is 0.333. The van der Waals surface area contributed by atoms with Crippen LogP contribution in [0.2, 0.25) is 5.02 Å². The fourth-order valence-corrected chi connectivity index (χ4v) is 7.46. The van der Waals surface area contributed by atoms with Crippen molar-refractivity contribution in [1.82, 2.24) is 19.7 Å². The molecule has 0 fully saturated rings. The number of para-hydroxylation sites is 1. The average molecular weight is 607 g/mol. The van der Waals surface area contributed by atoms with Gasteiger partial charge in [0.2, 0.25) is 5.82 Å². The molecule has 0 spiro atoms. The highest BCUT2D eigenvalue weighted by atomic mass is 35.5. The van der Waals surface area contributed by atoms with Crippen LogP contribution >= 0.6 is 34.7 Å². The van der Waals surface area contributed by atoms with Crippen LogP contribution in [0.3, 0.4) is 0 Å². The highest BCUT2D eigenvalue weighted by molar-refractivity contribution is 8.00. The third kappa shape index (κ3) is 5.52. The van der Waals surface area contributed by atoms with Gasteiger partial charge >= 0.3 is 5.97 Å². The molecular weight excluding hydrogens is 582 g/mol. The Bertz CT molecular complexity index is 1530. The zero-order valence-electron chi connectivity index (χ0n) is 21.8. The Labute approximate surface area is 242 Å². The maximum atomic E-state index is 14.2. The van der Waals surface area contributed by atoms with Crippen LogP contribution in [0.15, 0.2) is 42.6 Å². The second kappa shape index (κ2) is 12.1. The molecule has 3 heterocycles. The maximum absolute atomic E-state index is 14.2. The van der Waals surface area contributed by atoms with E-state index in [-0.39, 0.29) is 17.6 Å². The number of halogens is 3. The highest BCUT2D eigenvalue weighted by Gasteiger charge is 2.37. The fourth-order valence-electron chi connectivity index (χ4n) is 4.69. The van der Waals surface area contributed by atoms with Crippen LogP contribution in [-0.4, -0.2) is 47.0 Å². The zero-order chi connectivity index (χ0) is 28.4. The number of aromatic nitrogens is 4. The van der Waals surface area contributed by atoms with Crippen molar-refractivity contribution in [2.45, 2.75) is 36.2 Å². The third-order valence-corrected chi connectivity index (χ3v) is 9.29. The second-order valence-corrected chi connectivity index (χ2v) is 11.8. The molecule has 5 rings (SSSR count). The van der Waals surface area contributed by atoms with Crippen LogP contribution in [0.1, 0.15) is 56.0 Å². The number of aryl methyl sites for hydroxylation is 1. The summed E-state index contributed by atoms with van der Waals surface area (Å²) in [6.07, 6.45) is 0.0384. The number of nitrogens with zero attached hydrogens (tertiary/aromatic N) is 4. The van der Waals surface area contributed by atoms with E-state index >= 15 is 0 Å². The number of fused-ring (bicyclic) bond motifs is 3. The topological polar surface area (TPSA) is 88.4 Å². The number of thiazole rings is 1. The van der Waals surface area contributed by atoms with Crippen molar-refractivity contribution < 1.29 is 27.8 Å². The number of carbonyl (C=O) groups excluding carboxylic acids is 1. The summed E-state index contributed by atoms with van der Waals surface area (Å²) in [4.78, 5) is 17.1. The summed E-state index contributed by atoms with van der Waals surface area (Å²) in [5.41, 5.74) is 2.03. The molecule has 40 heavy (non-hydrogen) atoms. The van der Waals surface area contributed by atoms with Crippen LogP contribution < -0.4 is 9.47 Å². The van der Waals surface area contributed by atoms with Gasteiger partial charge in [-0.15, -0.1) is 33.3 Å². The van der Waals surface area contributed by atoms with Gasteiger partial charge in [0.25, 0.3) is 6.43 Å². The van der Waals surface area contributed by atoms with E-state index in [4.69, 9.17) is 25.8 Å². The molecular formula is C27H25ClF2N4O4S2. The Balaban J connectivity index is 1.63. The molecule has 0 aliphatic carbocycles. The van der Waals surface area contributed by atoms with Gasteiger partial charge in [-0.2, -0.15) is 0 Å². The number of esters is 1. The quantitative estimate of drug-likeness (QED) is 0.198. The molecule has 0 amide bonds. The molecule has 0 N–H and O–H groups in total. The van der Waals surface area contributed by atoms with Gasteiger partial charge in [0.1, 0.15) is 0 Å². The third-order valence-electron chi connectivity index (χ3n) is 6.49. The molecule has 4 aromatic rings. The van der Waals surface area contributed by atoms with E-state index in [2.05, 4.69) is 15.2 Å².